The van der Waals surface area contributed by atoms with E-state index in [9.17, 15) is 9.90 Å². The normalized spacial score (nSPS) is 12.2. The van der Waals surface area contributed by atoms with Gasteiger partial charge in [0.15, 0.2) is 0 Å². The minimum absolute atomic E-state index is 0.142. The monoisotopic (exact) mass is 323 g/mol. The van der Waals surface area contributed by atoms with E-state index in [1.54, 1.807) is 4.68 Å². The third-order valence-corrected chi connectivity index (χ3v) is 4.01. The largest absolute Gasteiger partial charge is 0.387 e. The Hall–Kier alpha value is -2.66. The Labute approximate surface area is 140 Å². The first-order chi connectivity index (χ1) is 11.7. The van der Waals surface area contributed by atoms with Gasteiger partial charge in [0.25, 0.3) is 0 Å². The maximum atomic E-state index is 12.0. The van der Waals surface area contributed by atoms with Crippen LogP contribution in [0.4, 0.5) is 0 Å². The van der Waals surface area contributed by atoms with E-state index < -0.39 is 6.10 Å². The van der Waals surface area contributed by atoms with Crippen molar-refractivity contribution in [1.29, 1.82) is 0 Å². The summed E-state index contributed by atoms with van der Waals surface area (Å²) < 4.78 is 1.78. The predicted molar refractivity (Wildman–Crippen MR) is 93.5 cm³/mol. The molecule has 124 valence electrons. The highest BCUT2D eigenvalue weighted by Crippen LogP contribution is 2.20. The fraction of sp³-hybridized carbons (Fsp3) is 0.263. The van der Waals surface area contributed by atoms with Gasteiger partial charge in [-0.2, -0.15) is 5.10 Å². The maximum absolute atomic E-state index is 12.0. The summed E-state index contributed by atoms with van der Waals surface area (Å²) >= 11 is 0. The zero-order chi connectivity index (χ0) is 16.9. The quantitative estimate of drug-likeness (QED) is 0.732. The summed E-state index contributed by atoms with van der Waals surface area (Å²) in [6, 6.07) is 15.7. The Morgan fingerprint density at radius 1 is 1.21 bits per heavy atom. The van der Waals surface area contributed by atoms with Crippen molar-refractivity contribution < 1.29 is 9.90 Å². The minimum Gasteiger partial charge on any atom is -0.387 e. The number of nitrogens with zero attached hydrogens (tertiary/aromatic N) is 2. The van der Waals surface area contributed by atoms with Gasteiger partial charge in [-0.25, -0.2) is 0 Å². The molecular formula is C19H21N3O2. The summed E-state index contributed by atoms with van der Waals surface area (Å²) in [7, 11) is 0. The second-order valence-corrected chi connectivity index (χ2v) is 5.77. The molecule has 24 heavy (non-hydrogen) atoms. The summed E-state index contributed by atoms with van der Waals surface area (Å²) in [6.07, 6.45) is 1.34. The first-order valence-corrected chi connectivity index (χ1v) is 8.11. The molecule has 2 aromatic carbocycles. The third kappa shape index (κ3) is 3.81. The van der Waals surface area contributed by atoms with Gasteiger partial charge >= 0.3 is 0 Å². The van der Waals surface area contributed by atoms with E-state index in [0.29, 0.717) is 0 Å². The molecule has 0 saturated carbocycles. The van der Waals surface area contributed by atoms with Gasteiger partial charge < -0.3 is 10.4 Å². The fourth-order valence-electron chi connectivity index (χ4n) is 2.64. The van der Waals surface area contributed by atoms with E-state index in [0.717, 1.165) is 28.6 Å². The van der Waals surface area contributed by atoms with Crippen molar-refractivity contribution >= 4 is 16.7 Å². The SMILES string of the molecule is CCn1ccc(CC(=O)NCC(O)c2ccc3ccccc3c2)n1. The molecule has 3 rings (SSSR count). The van der Waals surface area contributed by atoms with Gasteiger partial charge in [-0.1, -0.05) is 36.4 Å². The molecular weight excluding hydrogens is 302 g/mol. The van der Waals surface area contributed by atoms with Gasteiger partial charge in [-0.3, -0.25) is 9.48 Å². The molecule has 1 amide bonds. The molecule has 2 N–H and O–H groups in total. The third-order valence-electron chi connectivity index (χ3n) is 4.01. The van der Waals surface area contributed by atoms with Crippen molar-refractivity contribution in [3.63, 3.8) is 0 Å². The highest BCUT2D eigenvalue weighted by atomic mass is 16.3. The summed E-state index contributed by atoms with van der Waals surface area (Å²) in [5.74, 6) is -0.142. The summed E-state index contributed by atoms with van der Waals surface area (Å²) in [4.78, 5) is 12.0. The number of benzene rings is 2. The van der Waals surface area contributed by atoms with Crippen LogP contribution in [-0.4, -0.2) is 27.3 Å². The maximum Gasteiger partial charge on any atom is 0.226 e. The molecule has 0 bridgehead atoms. The zero-order valence-corrected chi connectivity index (χ0v) is 13.6. The number of carbonyl (C=O) groups excluding carboxylic acids is 1. The van der Waals surface area contributed by atoms with Crippen LogP contribution in [0.2, 0.25) is 0 Å². The molecule has 1 atom stereocenters. The van der Waals surface area contributed by atoms with Crippen LogP contribution < -0.4 is 5.32 Å². The van der Waals surface area contributed by atoms with E-state index in [1.807, 2.05) is 61.7 Å². The molecule has 0 aliphatic carbocycles. The molecule has 0 fully saturated rings. The Morgan fingerprint density at radius 2 is 2.00 bits per heavy atom. The molecule has 1 aromatic heterocycles. The number of aromatic nitrogens is 2. The lowest BCUT2D eigenvalue weighted by molar-refractivity contribution is -0.120. The molecule has 0 spiro atoms. The van der Waals surface area contributed by atoms with Crippen LogP contribution >= 0.6 is 0 Å². The lowest BCUT2D eigenvalue weighted by Gasteiger charge is -2.13. The number of hydrogen-bond donors (Lipinski definition) is 2. The Morgan fingerprint density at radius 3 is 2.75 bits per heavy atom. The highest BCUT2D eigenvalue weighted by molar-refractivity contribution is 5.83. The number of rotatable bonds is 6. The lowest BCUT2D eigenvalue weighted by atomic mass is 10.0. The Bertz CT molecular complexity index is 841. The van der Waals surface area contributed by atoms with Gasteiger partial charge in [0.05, 0.1) is 18.2 Å². The topological polar surface area (TPSA) is 67.2 Å². The molecule has 0 aliphatic heterocycles. The number of nitrogens with one attached hydrogen (secondary N) is 1. The van der Waals surface area contributed by atoms with Gasteiger partial charge in [0.2, 0.25) is 5.91 Å². The summed E-state index contributed by atoms with van der Waals surface area (Å²) in [6.45, 7) is 2.96. The fourth-order valence-corrected chi connectivity index (χ4v) is 2.64. The molecule has 1 heterocycles. The number of carbonyl (C=O) groups is 1. The van der Waals surface area contributed by atoms with E-state index in [1.165, 1.54) is 0 Å². The number of fused-ring (bicyclic) bond motifs is 1. The van der Waals surface area contributed by atoms with Crippen molar-refractivity contribution in [2.24, 2.45) is 0 Å². The molecule has 5 nitrogen and oxygen atoms in total. The van der Waals surface area contributed by atoms with Gasteiger partial charge in [0, 0.05) is 19.3 Å². The van der Waals surface area contributed by atoms with Crippen LogP contribution in [0.1, 0.15) is 24.3 Å². The first kappa shape index (κ1) is 16.2. The minimum atomic E-state index is -0.730. The van der Waals surface area contributed by atoms with E-state index in [2.05, 4.69) is 10.4 Å². The number of aliphatic hydroxyl groups excluding tert-OH is 1. The van der Waals surface area contributed by atoms with Crippen LogP contribution in [0.5, 0.6) is 0 Å². The Kier molecular flexibility index (Phi) is 4.91. The number of hydrogen-bond acceptors (Lipinski definition) is 3. The number of amides is 1. The average molecular weight is 323 g/mol. The molecule has 3 aromatic rings. The first-order valence-electron chi connectivity index (χ1n) is 8.11. The van der Waals surface area contributed by atoms with Crippen LogP contribution in [0.3, 0.4) is 0 Å². The highest BCUT2D eigenvalue weighted by Gasteiger charge is 2.11. The average Bonchev–Trinajstić information content (AvgIpc) is 3.06. The molecule has 0 saturated heterocycles. The summed E-state index contributed by atoms with van der Waals surface area (Å²) in [5, 5.41) is 19.6. The molecule has 0 radical (unpaired) electrons. The van der Waals surface area contributed by atoms with Crippen molar-refractivity contribution in [2.75, 3.05) is 6.54 Å². The Balaban J connectivity index is 1.57. The number of aryl methyl sites for hydroxylation is 1. The van der Waals surface area contributed by atoms with Gasteiger partial charge in [0.1, 0.15) is 0 Å². The second-order valence-electron chi connectivity index (χ2n) is 5.77. The van der Waals surface area contributed by atoms with E-state index >= 15 is 0 Å². The van der Waals surface area contributed by atoms with Gasteiger partial charge in [-0.15, -0.1) is 0 Å². The van der Waals surface area contributed by atoms with Crippen LogP contribution in [0.25, 0.3) is 10.8 Å². The smallest absolute Gasteiger partial charge is 0.226 e. The standard InChI is InChI=1S/C19H21N3O2/c1-2-22-10-9-17(21-22)12-19(24)20-13-18(23)16-8-7-14-5-3-4-6-15(14)11-16/h3-11,18,23H,2,12-13H2,1H3,(H,20,24). The van der Waals surface area contributed by atoms with Crippen LogP contribution in [0, 0.1) is 0 Å². The predicted octanol–water partition coefficient (Wildman–Crippen LogP) is 2.45. The van der Waals surface area contributed by atoms with E-state index in [4.69, 9.17) is 0 Å². The van der Waals surface area contributed by atoms with Crippen molar-refractivity contribution in [2.45, 2.75) is 26.0 Å². The van der Waals surface area contributed by atoms with E-state index in [-0.39, 0.29) is 18.9 Å². The lowest BCUT2D eigenvalue weighted by Crippen LogP contribution is -2.29. The number of aliphatic hydroxyl groups is 1. The summed E-state index contributed by atoms with van der Waals surface area (Å²) in [5.41, 5.74) is 1.53. The molecule has 1 unspecified atom stereocenters. The molecule has 0 aliphatic rings. The molecule has 5 heteroatoms. The van der Waals surface area contributed by atoms with Crippen LogP contribution in [0.15, 0.2) is 54.7 Å². The van der Waals surface area contributed by atoms with Crippen molar-refractivity contribution in [3.8, 4) is 0 Å². The zero-order valence-electron chi connectivity index (χ0n) is 13.6. The van der Waals surface area contributed by atoms with Crippen molar-refractivity contribution in [3.05, 3.63) is 66.0 Å². The van der Waals surface area contributed by atoms with Crippen LogP contribution in [-0.2, 0) is 17.8 Å². The van der Waals surface area contributed by atoms with Gasteiger partial charge in [-0.05, 0) is 35.4 Å². The second kappa shape index (κ2) is 7.27. The van der Waals surface area contributed by atoms with Crippen molar-refractivity contribution in [1.82, 2.24) is 15.1 Å².